The molecule has 2 aliphatic heterocycles. The van der Waals surface area contributed by atoms with Crippen molar-refractivity contribution < 1.29 is 9.53 Å². The molecule has 1 fully saturated rings. The number of hydrogen-bond donors (Lipinski definition) is 0. The zero-order chi connectivity index (χ0) is 15.9. The van der Waals surface area contributed by atoms with Crippen LogP contribution in [-0.2, 0) is 28.1 Å². The number of thiophene rings is 1. The van der Waals surface area contributed by atoms with Gasteiger partial charge in [-0.05, 0) is 43.2 Å². The Bertz CT molecular complexity index is 713. The first-order valence-corrected chi connectivity index (χ1v) is 9.02. The molecule has 0 saturated carbocycles. The fraction of sp³-hybridized carbons (Fsp3) is 0.529. The van der Waals surface area contributed by atoms with Gasteiger partial charge in [0, 0.05) is 30.4 Å². The number of amides is 1. The fourth-order valence-corrected chi connectivity index (χ4v) is 4.83. The lowest BCUT2D eigenvalue weighted by atomic mass is 9.85. The number of nitrogens with zero attached hydrogens (tertiary/aromatic N) is 3. The number of carbonyl (C=O) groups is 1. The van der Waals surface area contributed by atoms with Gasteiger partial charge < -0.3 is 14.2 Å². The van der Waals surface area contributed by atoms with E-state index in [1.165, 1.54) is 10.4 Å². The minimum Gasteiger partial charge on any atom is -0.369 e. The molecule has 0 atom stereocenters. The van der Waals surface area contributed by atoms with Crippen LogP contribution in [0.3, 0.4) is 0 Å². The van der Waals surface area contributed by atoms with Gasteiger partial charge in [0.2, 0.25) is 5.91 Å². The van der Waals surface area contributed by atoms with Gasteiger partial charge in [0.25, 0.3) is 0 Å². The highest BCUT2D eigenvalue weighted by atomic mass is 32.1. The number of aryl methyl sites for hydroxylation is 1. The zero-order valence-corrected chi connectivity index (χ0v) is 14.1. The van der Waals surface area contributed by atoms with Crippen LogP contribution in [0, 0.1) is 6.92 Å². The molecule has 0 radical (unpaired) electrons. The number of piperidine rings is 1. The number of rotatable bonds is 2. The summed E-state index contributed by atoms with van der Waals surface area (Å²) in [6.07, 6.45) is 6.41. The number of fused-ring (bicyclic) bond motifs is 2. The van der Waals surface area contributed by atoms with Gasteiger partial charge in [0.15, 0.2) is 0 Å². The quantitative estimate of drug-likeness (QED) is 0.849. The third-order valence-electron chi connectivity index (χ3n) is 5.06. The van der Waals surface area contributed by atoms with Gasteiger partial charge in [-0.1, -0.05) is 0 Å². The number of hydrogen-bond acceptors (Lipinski definition) is 4. The van der Waals surface area contributed by atoms with Crippen molar-refractivity contribution in [2.24, 2.45) is 0 Å². The van der Waals surface area contributed by atoms with E-state index in [1.54, 1.807) is 17.5 Å². The Hall–Kier alpha value is -1.66. The standard InChI is InChI=1S/C17H21N3O2S/c1-13-18-6-9-20(13)12-15(21)19-7-4-17(5-8-19)16-14(2-10-22-17)3-11-23-16/h3,6,9,11H,2,4-5,7-8,10,12H2,1H3. The Morgan fingerprint density at radius 1 is 1.43 bits per heavy atom. The lowest BCUT2D eigenvalue weighted by Crippen LogP contribution is -2.48. The van der Waals surface area contributed by atoms with Crippen LogP contribution in [0.4, 0.5) is 0 Å². The van der Waals surface area contributed by atoms with Crippen molar-refractivity contribution in [1.29, 1.82) is 0 Å². The Balaban J connectivity index is 1.44. The van der Waals surface area contributed by atoms with Crippen molar-refractivity contribution in [3.05, 3.63) is 40.1 Å². The number of carbonyl (C=O) groups excluding carboxylic acids is 1. The van der Waals surface area contributed by atoms with Crippen LogP contribution in [-0.4, -0.2) is 40.1 Å². The second-order valence-electron chi connectivity index (χ2n) is 6.35. The van der Waals surface area contributed by atoms with E-state index in [-0.39, 0.29) is 11.5 Å². The van der Waals surface area contributed by atoms with Crippen LogP contribution in [0.1, 0.15) is 29.1 Å². The van der Waals surface area contributed by atoms with E-state index in [0.29, 0.717) is 6.54 Å². The summed E-state index contributed by atoms with van der Waals surface area (Å²) in [5, 5.41) is 2.17. The first kappa shape index (κ1) is 14.9. The van der Waals surface area contributed by atoms with E-state index in [2.05, 4.69) is 16.4 Å². The molecule has 1 saturated heterocycles. The maximum Gasteiger partial charge on any atom is 0.242 e. The molecular formula is C17H21N3O2S. The average Bonchev–Trinajstić information content (AvgIpc) is 3.19. The molecule has 2 aliphatic rings. The van der Waals surface area contributed by atoms with Gasteiger partial charge in [-0.2, -0.15) is 0 Å². The van der Waals surface area contributed by atoms with Gasteiger partial charge in [0.1, 0.15) is 18.0 Å². The van der Waals surface area contributed by atoms with Crippen molar-refractivity contribution >= 4 is 17.2 Å². The number of aromatic nitrogens is 2. The molecular weight excluding hydrogens is 310 g/mol. The summed E-state index contributed by atoms with van der Waals surface area (Å²) in [6.45, 7) is 4.64. The largest absolute Gasteiger partial charge is 0.369 e. The van der Waals surface area contributed by atoms with E-state index in [9.17, 15) is 4.79 Å². The van der Waals surface area contributed by atoms with E-state index < -0.39 is 0 Å². The molecule has 4 rings (SSSR count). The van der Waals surface area contributed by atoms with Crippen LogP contribution < -0.4 is 0 Å². The summed E-state index contributed by atoms with van der Waals surface area (Å²) in [4.78, 5) is 20.1. The third kappa shape index (κ3) is 2.60. The van der Waals surface area contributed by atoms with E-state index in [1.807, 2.05) is 22.6 Å². The van der Waals surface area contributed by atoms with E-state index in [0.717, 1.165) is 44.8 Å². The second kappa shape index (κ2) is 5.76. The maximum atomic E-state index is 12.5. The Kier molecular flexibility index (Phi) is 3.73. The van der Waals surface area contributed by atoms with Crippen molar-refractivity contribution in [2.75, 3.05) is 19.7 Å². The molecule has 0 aromatic carbocycles. The number of ether oxygens (including phenoxy) is 1. The third-order valence-corrected chi connectivity index (χ3v) is 6.21. The van der Waals surface area contributed by atoms with Gasteiger partial charge in [-0.25, -0.2) is 4.98 Å². The molecule has 2 aromatic rings. The van der Waals surface area contributed by atoms with Crippen LogP contribution in [0.2, 0.25) is 0 Å². The summed E-state index contributed by atoms with van der Waals surface area (Å²) in [5.41, 5.74) is 1.29. The normalized spacial score (nSPS) is 19.8. The number of likely N-dealkylation sites (tertiary alicyclic amines) is 1. The van der Waals surface area contributed by atoms with Crippen LogP contribution in [0.5, 0.6) is 0 Å². The summed E-state index contributed by atoms with van der Waals surface area (Å²) in [5.74, 6) is 1.05. The van der Waals surface area contributed by atoms with Crippen molar-refractivity contribution in [1.82, 2.24) is 14.5 Å². The summed E-state index contributed by atoms with van der Waals surface area (Å²) in [7, 11) is 0. The highest BCUT2D eigenvalue weighted by molar-refractivity contribution is 7.10. The van der Waals surface area contributed by atoms with Gasteiger partial charge in [-0.15, -0.1) is 11.3 Å². The maximum absolute atomic E-state index is 12.5. The first-order chi connectivity index (χ1) is 11.2. The second-order valence-corrected chi connectivity index (χ2v) is 7.27. The van der Waals surface area contributed by atoms with Crippen LogP contribution >= 0.6 is 11.3 Å². The lowest BCUT2D eigenvalue weighted by Gasteiger charge is -2.43. The molecule has 23 heavy (non-hydrogen) atoms. The molecule has 5 nitrogen and oxygen atoms in total. The van der Waals surface area contributed by atoms with Gasteiger partial charge in [0.05, 0.1) is 6.61 Å². The smallest absolute Gasteiger partial charge is 0.242 e. The summed E-state index contributed by atoms with van der Waals surface area (Å²) in [6, 6.07) is 2.23. The Labute approximate surface area is 139 Å². The minimum atomic E-state index is -0.149. The van der Waals surface area contributed by atoms with Crippen molar-refractivity contribution in [2.45, 2.75) is 38.3 Å². The molecule has 4 heterocycles. The van der Waals surface area contributed by atoms with Gasteiger partial charge in [-0.3, -0.25) is 4.79 Å². The first-order valence-electron chi connectivity index (χ1n) is 8.14. The number of imidazole rings is 1. The molecule has 0 N–H and O–H groups in total. The van der Waals surface area contributed by atoms with Crippen molar-refractivity contribution in [3.8, 4) is 0 Å². The van der Waals surface area contributed by atoms with E-state index >= 15 is 0 Å². The molecule has 6 heteroatoms. The monoisotopic (exact) mass is 331 g/mol. The Morgan fingerprint density at radius 3 is 3.00 bits per heavy atom. The van der Waals surface area contributed by atoms with Crippen molar-refractivity contribution in [3.63, 3.8) is 0 Å². The zero-order valence-electron chi connectivity index (χ0n) is 13.3. The molecule has 122 valence electrons. The van der Waals surface area contributed by atoms with Gasteiger partial charge >= 0.3 is 0 Å². The summed E-state index contributed by atoms with van der Waals surface area (Å²) < 4.78 is 8.11. The highest BCUT2D eigenvalue weighted by Gasteiger charge is 2.42. The minimum absolute atomic E-state index is 0.149. The average molecular weight is 331 g/mol. The SMILES string of the molecule is Cc1nccn1CC(=O)N1CCC2(CC1)OCCc1ccsc12. The van der Waals surface area contributed by atoms with Crippen LogP contribution in [0.15, 0.2) is 23.8 Å². The molecule has 0 aliphatic carbocycles. The molecule has 1 amide bonds. The van der Waals surface area contributed by atoms with E-state index in [4.69, 9.17) is 4.74 Å². The molecule has 0 unspecified atom stereocenters. The summed E-state index contributed by atoms with van der Waals surface area (Å²) >= 11 is 1.81. The fourth-order valence-electron chi connectivity index (χ4n) is 3.66. The highest BCUT2D eigenvalue weighted by Crippen LogP contribution is 2.44. The molecule has 2 aromatic heterocycles. The topological polar surface area (TPSA) is 47.4 Å². The predicted octanol–water partition coefficient (Wildman–Crippen LogP) is 2.34. The lowest BCUT2D eigenvalue weighted by molar-refractivity contribution is -0.140. The van der Waals surface area contributed by atoms with Crippen LogP contribution in [0.25, 0.3) is 0 Å². The molecule has 1 spiro atoms. The predicted molar refractivity (Wildman–Crippen MR) is 88.4 cm³/mol. The molecule has 0 bridgehead atoms. The Morgan fingerprint density at radius 2 is 2.26 bits per heavy atom.